The van der Waals surface area contributed by atoms with Gasteiger partial charge in [0.25, 0.3) is 5.91 Å². The number of amides is 2. The molecule has 0 saturated carbocycles. The molecule has 2 amide bonds. The summed E-state index contributed by atoms with van der Waals surface area (Å²) in [4.78, 5) is 27.7. The van der Waals surface area contributed by atoms with Crippen LogP contribution < -0.4 is 10.1 Å². The molecule has 0 spiro atoms. The summed E-state index contributed by atoms with van der Waals surface area (Å²) >= 11 is 0. The fraction of sp³-hybridized carbons (Fsp3) is 0.391. The van der Waals surface area contributed by atoms with Crippen LogP contribution in [0.1, 0.15) is 41.3 Å². The first-order valence-electron chi connectivity index (χ1n) is 9.69. The first-order chi connectivity index (χ1) is 13.4. The van der Waals surface area contributed by atoms with Crippen molar-refractivity contribution >= 4 is 11.8 Å². The minimum absolute atomic E-state index is 0.0120. The van der Waals surface area contributed by atoms with Crippen LogP contribution in [-0.2, 0) is 4.79 Å². The monoisotopic (exact) mass is 380 g/mol. The van der Waals surface area contributed by atoms with E-state index >= 15 is 0 Å². The molecule has 5 heteroatoms. The second-order valence-electron chi connectivity index (χ2n) is 7.73. The van der Waals surface area contributed by atoms with Crippen LogP contribution in [0.4, 0.5) is 0 Å². The molecule has 0 radical (unpaired) electrons. The van der Waals surface area contributed by atoms with Crippen molar-refractivity contribution in [2.45, 2.75) is 32.7 Å². The molecule has 1 aliphatic heterocycles. The van der Waals surface area contributed by atoms with Gasteiger partial charge in [-0.1, -0.05) is 29.8 Å². The van der Waals surface area contributed by atoms with E-state index in [-0.39, 0.29) is 29.7 Å². The SMILES string of the molecule is COc1cccc(C2CN(C(=O)c3ccc(C)cc3)CC2C(=O)NC(C)C)c1. The molecule has 28 heavy (non-hydrogen) atoms. The first-order valence-corrected chi connectivity index (χ1v) is 9.69. The van der Waals surface area contributed by atoms with Crippen molar-refractivity contribution in [1.29, 1.82) is 0 Å². The van der Waals surface area contributed by atoms with Crippen molar-refractivity contribution in [2.24, 2.45) is 5.92 Å². The zero-order chi connectivity index (χ0) is 20.3. The molecule has 2 aromatic carbocycles. The van der Waals surface area contributed by atoms with Gasteiger partial charge < -0.3 is 15.0 Å². The Kier molecular flexibility index (Phi) is 6.02. The molecule has 2 atom stereocenters. The van der Waals surface area contributed by atoms with E-state index in [1.807, 2.05) is 69.3 Å². The maximum absolute atomic E-state index is 13.0. The number of nitrogens with zero attached hydrogens (tertiary/aromatic N) is 1. The van der Waals surface area contributed by atoms with E-state index in [0.29, 0.717) is 18.7 Å². The quantitative estimate of drug-likeness (QED) is 0.865. The number of nitrogens with one attached hydrogen (secondary N) is 1. The lowest BCUT2D eigenvalue weighted by Crippen LogP contribution is -2.39. The maximum Gasteiger partial charge on any atom is 0.253 e. The van der Waals surface area contributed by atoms with Gasteiger partial charge in [0, 0.05) is 30.6 Å². The van der Waals surface area contributed by atoms with Crippen LogP contribution in [0.3, 0.4) is 0 Å². The number of likely N-dealkylation sites (tertiary alicyclic amines) is 1. The predicted octanol–water partition coefficient (Wildman–Crippen LogP) is 3.38. The Morgan fingerprint density at radius 2 is 1.82 bits per heavy atom. The van der Waals surface area contributed by atoms with Gasteiger partial charge in [0.1, 0.15) is 5.75 Å². The number of benzene rings is 2. The Morgan fingerprint density at radius 1 is 1.11 bits per heavy atom. The standard InChI is InChI=1S/C23H28N2O3/c1-15(2)24-22(26)21-14-25(23(27)17-10-8-16(3)9-11-17)13-20(21)18-6-5-7-19(12-18)28-4/h5-12,15,20-21H,13-14H2,1-4H3,(H,24,26). The summed E-state index contributed by atoms with van der Waals surface area (Å²) in [6.07, 6.45) is 0. The average molecular weight is 380 g/mol. The summed E-state index contributed by atoms with van der Waals surface area (Å²) in [5.74, 6) is 0.353. The Labute approximate surface area is 166 Å². The van der Waals surface area contributed by atoms with Crippen LogP contribution in [-0.4, -0.2) is 43.0 Å². The van der Waals surface area contributed by atoms with Gasteiger partial charge in [0.2, 0.25) is 5.91 Å². The van der Waals surface area contributed by atoms with Crippen molar-refractivity contribution in [3.63, 3.8) is 0 Å². The lowest BCUT2D eigenvalue weighted by Gasteiger charge is -2.20. The fourth-order valence-electron chi connectivity index (χ4n) is 3.72. The van der Waals surface area contributed by atoms with Crippen molar-refractivity contribution in [3.05, 3.63) is 65.2 Å². The summed E-state index contributed by atoms with van der Waals surface area (Å²) in [5, 5.41) is 3.01. The molecule has 1 fully saturated rings. The maximum atomic E-state index is 13.0. The summed E-state index contributed by atoms with van der Waals surface area (Å²) in [5.41, 5.74) is 2.78. The van der Waals surface area contributed by atoms with Crippen LogP contribution >= 0.6 is 0 Å². The number of hydrogen-bond donors (Lipinski definition) is 1. The van der Waals surface area contributed by atoms with Crippen LogP contribution in [0.25, 0.3) is 0 Å². The third kappa shape index (κ3) is 4.35. The molecule has 2 aromatic rings. The van der Waals surface area contributed by atoms with Crippen molar-refractivity contribution in [3.8, 4) is 5.75 Å². The number of ether oxygens (including phenoxy) is 1. The van der Waals surface area contributed by atoms with E-state index < -0.39 is 0 Å². The van der Waals surface area contributed by atoms with Crippen molar-refractivity contribution < 1.29 is 14.3 Å². The molecule has 1 saturated heterocycles. The van der Waals surface area contributed by atoms with Crippen molar-refractivity contribution in [1.82, 2.24) is 10.2 Å². The predicted molar refractivity (Wildman–Crippen MR) is 110 cm³/mol. The summed E-state index contributed by atoms with van der Waals surface area (Å²) in [7, 11) is 1.63. The highest BCUT2D eigenvalue weighted by Gasteiger charge is 2.40. The van der Waals surface area contributed by atoms with Gasteiger partial charge in [-0.25, -0.2) is 0 Å². The molecule has 1 N–H and O–H groups in total. The largest absolute Gasteiger partial charge is 0.497 e. The number of carbonyl (C=O) groups excluding carboxylic acids is 2. The molecule has 3 rings (SSSR count). The lowest BCUT2D eigenvalue weighted by atomic mass is 9.88. The summed E-state index contributed by atoms with van der Waals surface area (Å²) < 4.78 is 5.35. The number of carbonyl (C=O) groups is 2. The van der Waals surface area contributed by atoms with E-state index in [9.17, 15) is 9.59 Å². The number of rotatable bonds is 5. The zero-order valence-corrected chi connectivity index (χ0v) is 16.9. The van der Waals surface area contributed by atoms with E-state index in [2.05, 4.69) is 5.32 Å². The molecule has 148 valence electrons. The van der Waals surface area contributed by atoms with Gasteiger partial charge in [-0.3, -0.25) is 9.59 Å². The summed E-state index contributed by atoms with van der Waals surface area (Å²) in [6, 6.07) is 15.4. The van der Waals surface area contributed by atoms with Crippen LogP contribution in [0.15, 0.2) is 48.5 Å². The Balaban J connectivity index is 1.88. The van der Waals surface area contributed by atoms with Gasteiger partial charge in [0.15, 0.2) is 0 Å². The molecule has 5 nitrogen and oxygen atoms in total. The third-order valence-electron chi connectivity index (χ3n) is 5.20. The van der Waals surface area contributed by atoms with E-state index in [1.165, 1.54) is 0 Å². The molecular formula is C23H28N2O3. The zero-order valence-electron chi connectivity index (χ0n) is 16.9. The van der Waals surface area contributed by atoms with Crippen LogP contribution in [0.2, 0.25) is 0 Å². The van der Waals surface area contributed by atoms with E-state index in [1.54, 1.807) is 12.0 Å². The molecule has 0 bridgehead atoms. The van der Waals surface area contributed by atoms with Gasteiger partial charge in [-0.05, 0) is 50.6 Å². The normalized spacial score (nSPS) is 19.0. The fourth-order valence-corrected chi connectivity index (χ4v) is 3.72. The third-order valence-corrected chi connectivity index (χ3v) is 5.20. The molecule has 1 heterocycles. The topological polar surface area (TPSA) is 58.6 Å². The minimum Gasteiger partial charge on any atom is -0.497 e. The lowest BCUT2D eigenvalue weighted by molar-refractivity contribution is -0.125. The number of methoxy groups -OCH3 is 1. The molecule has 0 aromatic heterocycles. The Hall–Kier alpha value is -2.82. The molecule has 0 aliphatic carbocycles. The van der Waals surface area contributed by atoms with E-state index in [4.69, 9.17) is 4.74 Å². The van der Waals surface area contributed by atoms with Gasteiger partial charge in [-0.15, -0.1) is 0 Å². The second kappa shape index (κ2) is 8.46. The highest BCUT2D eigenvalue weighted by atomic mass is 16.5. The number of hydrogen-bond acceptors (Lipinski definition) is 3. The molecule has 2 unspecified atom stereocenters. The first kappa shape index (κ1) is 19.9. The minimum atomic E-state index is -0.288. The van der Waals surface area contributed by atoms with Crippen LogP contribution in [0, 0.1) is 12.8 Å². The molecular weight excluding hydrogens is 352 g/mol. The van der Waals surface area contributed by atoms with Gasteiger partial charge in [0.05, 0.1) is 13.0 Å². The van der Waals surface area contributed by atoms with Gasteiger partial charge in [-0.2, -0.15) is 0 Å². The van der Waals surface area contributed by atoms with E-state index in [0.717, 1.165) is 16.9 Å². The average Bonchev–Trinajstić information content (AvgIpc) is 3.13. The smallest absolute Gasteiger partial charge is 0.253 e. The van der Waals surface area contributed by atoms with Gasteiger partial charge >= 0.3 is 0 Å². The highest BCUT2D eigenvalue weighted by Crippen LogP contribution is 2.35. The summed E-state index contributed by atoms with van der Waals surface area (Å²) in [6.45, 7) is 6.81. The Bertz CT molecular complexity index is 845. The van der Waals surface area contributed by atoms with Crippen molar-refractivity contribution in [2.75, 3.05) is 20.2 Å². The highest BCUT2D eigenvalue weighted by molar-refractivity contribution is 5.95. The second-order valence-corrected chi connectivity index (χ2v) is 7.73. The number of aryl methyl sites for hydroxylation is 1. The Morgan fingerprint density at radius 3 is 2.46 bits per heavy atom. The molecule has 1 aliphatic rings. The van der Waals surface area contributed by atoms with Crippen LogP contribution in [0.5, 0.6) is 5.75 Å².